The molecule has 2 N–H and O–H groups in total. The molecule has 3 nitrogen and oxygen atoms in total. The Kier molecular flexibility index (Phi) is 7.76. The maximum absolute atomic E-state index is 11.9. The SMILES string of the molecule is CC.CCC1C=CC=C(NC(=O)Nc2ccc(C)cc2)C=C1. The van der Waals surface area contributed by atoms with Crippen LogP contribution in [0.25, 0.3) is 0 Å². The van der Waals surface area contributed by atoms with E-state index in [1.165, 1.54) is 5.56 Å². The molecule has 0 aromatic heterocycles. The molecule has 2 amide bonds. The predicted molar refractivity (Wildman–Crippen MR) is 94.8 cm³/mol. The van der Waals surface area contributed by atoms with E-state index in [0.29, 0.717) is 5.92 Å². The van der Waals surface area contributed by atoms with E-state index in [0.717, 1.165) is 17.8 Å². The van der Waals surface area contributed by atoms with Gasteiger partial charge in [0.1, 0.15) is 0 Å². The summed E-state index contributed by atoms with van der Waals surface area (Å²) in [5, 5.41) is 5.65. The summed E-state index contributed by atoms with van der Waals surface area (Å²) in [7, 11) is 0. The first kappa shape index (κ1) is 17.8. The lowest BCUT2D eigenvalue weighted by atomic mass is 10.1. The van der Waals surface area contributed by atoms with E-state index < -0.39 is 0 Å². The van der Waals surface area contributed by atoms with Crippen molar-refractivity contribution in [2.45, 2.75) is 34.1 Å². The predicted octanol–water partition coefficient (Wildman–Crippen LogP) is 5.18. The fourth-order valence-electron chi connectivity index (χ4n) is 1.93. The van der Waals surface area contributed by atoms with Gasteiger partial charge in [0.2, 0.25) is 0 Å². The zero-order chi connectivity index (χ0) is 16.4. The molecule has 0 spiro atoms. The summed E-state index contributed by atoms with van der Waals surface area (Å²) in [5.41, 5.74) is 2.75. The van der Waals surface area contributed by atoms with Crippen molar-refractivity contribution >= 4 is 11.7 Å². The van der Waals surface area contributed by atoms with Crippen LogP contribution in [0, 0.1) is 12.8 Å². The number of anilines is 1. The molecule has 0 heterocycles. The Bertz CT molecular complexity index is 553. The summed E-state index contributed by atoms with van der Waals surface area (Å²) in [4.78, 5) is 11.9. The van der Waals surface area contributed by atoms with Crippen molar-refractivity contribution < 1.29 is 4.79 Å². The van der Waals surface area contributed by atoms with Gasteiger partial charge in [-0.25, -0.2) is 4.79 Å². The molecule has 0 aliphatic heterocycles. The minimum absolute atomic E-state index is 0.229. The number of benzene rings is 1. The molecule has 1 aromatic carbocycles. The van der Waals surface area contributed by atoms with Crippen molar-refractivity contribution in [3.63, 3.8) is 0 Å². The number of allylic oxidation sites excluding steroid dienone is 5. The Morgan fingerprint density at radius 1 is 1.09 bits per heavy atom. The molecule has 1 aliphatic carbocycles. The smallest absolute Gasteiger partial charge is 0.308 e. The Labute approximate surface area is 133 Å². The molecule has 0 bridgehead atoms. The number of amides is 2. The molecule has 1 unspecified atom stereocenters. The molecule has 0 saturated heterocycles. The molecule has 1 aliphatic rings. The fourth-order valence-corrected chi connectivity index (χ4v) is 1.93. The van der Waals surface area contributed by atoms with Gasteiger partial charge in [-0.3, -0.25) is 0 Å². The van der Waals surface area contributed by atoms with Gasteiger partial charge in [-0.2, -0.15) is 0 Å². The van der Waals surface area contributed by atoms with Crippen molar-refractivity contribution in [1.82, 2.24) is 5.32 Å². The number of carbonyl (C=O) groups excluding carboxylic acids is 1. The van der Waals surface area contributed by atoms with Crippen LogP contribution in [0.1, 0.15) is 32.8 Å². The van der Waals surface area contributed by atoms with Crippen LogP contribution in [-0.4, -0.2) is 6.03 Å². The molecular weight excluding hydrogens is 272 g/mol. The van der Waals surface area contributed by atoms with E-state index in [1.54, 1.807) is 0 Å². The average molecular weight is 298 g/mol. The van der Waals surface area contributed by atoms with Crippen molar-refractivity contribution in [2.24, 2.45) is 5.92 Å². The van der Waals surface area contributed by atoms with Crippen molar-refractivity contribution in [1.29, 1.82) is 0 Å². The third kappa shape index (κ3) is 6.00. The molecule has 3 heteroatoms. The van der Waals surface area contributed by atoms with Crippen molar-refractivity contribution in [3.05, 3.63) is 65.9 Å². The van der Waals surface area contributed by atoms with E-state index in [1.807, 2.05) is 63.3 Å². The molecule has 1 atom stereocenters. The molecule has 1 aromatic rings. The van der Waals surface area contributed by atoms with Gasteiger partial charge in [0.25, 0.3) is 0 Å². The minimum Gasteiger partial charge on any atom is -0.308 e. The Hall–Kier alpha value is -2.29. The van der Waals surface area contributed by atoms with Crippen LogP contribution in [0.15, 0.2) is 60.3 Å². The van der Waals surface area contributed by atoms with Gasteiger partial charge in [0, 0.05) is 11.4 Å². The van der Waals surface area contributed by atoms with Gasteiger partial charge in [-0.1, -0.05) is 56.7 Å². The normalized spacial score (nSPS) is 16.0. The topological polar surface area (TPSA) is 41.1 Å². The van der Waals surface area contributed by atoms with E-state index in [4.69, 9.17) is 0 Å². The molecule has 0 radical (unpaired) electrons. The lowest BCUT2D eigenvalue weighted by molar-refractivity contribution is 0.254. The molecule has 22 heavy (non-hydrogen) atoms. The highest BCUT2D eigenvalue weighted by Crippen LogP contribution is 2.12. The number of urea groups is 1. The Morgan fingerprint density at radius 2 is 1.77 bits per heavy atom. The number of rotatable bonds is 3. The monoisotopic (exact) mass is 298 g/mol. The highest BCUT2D eigenvalue weighted by atomic mass is 16.2. The van der Waals surface area contributed by atoms with Crippen LogP contribution in [0.2, 0.25) is 0 Å². The van der Waals surface area contributed by atoms with E-state index in [2.05, 4.69) is 29.7 Å². The zero-order valence-electron chi connectivity index (χ0n) is 13.9. The largest absolute Gasteiger partial charge is 0.323 e. The summed E-state index contributed by atoms with van der Waals surface area (Å²) in [6.45, 7) is 8.16. The van der Waals surface area contributed by atoms with Crippen LogP contribution in [0.5, 0.6) is 0 Å². The Balaban J connectivity index is 0.00000116. The van der Waals surface area contributed by atoms with Crippen molar-refractivity contribution in [2.75, 3.05) is 5.32 Å². The van der Waals surface area contributed by atoms with Gasteiger partial charge >= 0.3 is 6.03 Å². The molecule has 0 fully saturated rings. The second kappa shape index (κ2) is 9.61. The third-order valence-corrected chi connectivity index (χ3v) is 3.20. The van der Waals surface area contributed by atoms with Gasteiger partial charge in [-0.05, 0) is 43.5 Å². The first-order valence-electron chi connectivity index (χ1n) is 7.88. The quantitative estimate of drug-likeness (QED) is 0.793. The van der Waals surface area contributed by atoms with Gasteiger partial charge in [0.15, 0.2) is 0 Å². The summed E-state index contributed by atoms with van der Waals surface area (Å²) < 4.78 is 0. The standard InChI is InChI=1S/C17H20N2O.C2H6/c1-3-14-5-4-6-15(12-9-14)18-17(20)19-16-10-7-13(2)8-11-16;1-2/h4-12,14H,3H2,1-2H3,(H2,18,19,20);1-2H3. The van der Waals surface area contributed by atoms with Gasteiger partial charge in [-0.15, -0.1) is 0 Å². The lowest BCUT2D eigenvalue weighted by Crippen LogP contribution is -2.27. The number of carbonyl (C=O) groups is 1. The highest BCUT2D eigenvalue weighted by Gasteiger charge is 2.05. The summed E-state index contributed by atoms with van der Waals surface area (Å²) in [6, 6.07) is 7.48. The second-order valence-electron chi connectivity index (χ2n) is 4.88. The second-order valence-corrected chi connectivity index (χ2v) is 4.88. The minimum atomic E-state index is -0.229. The van der Waals surface area contributed by atoms with Crippen LogP contribution in [0.3, 0.4) is 0 Å². The highest BCUT2D eigenvalue weighted by molar-refractivity contribution is 5.90. The van der Waals surface area contributed by atoms with Crippen LogP contribution in [-0.2, 0) is 0 Å². The maximum atomic E-state index is 11.9. The number of hydrogen-bond donors (Lipinski definition) is 2. The molecule has 0 saturated carbocycles. The number of aryl methyl sites for hydroxylation is 1. The Morgan fingerprint density at radius 3 is 2.41 bits per heavy atom. The zero-order valence-corrected chi connectivity index (χ0v) is 13.9. The molecule has 2 rings (SSSR count). The summed E-state index contributed by atoms with van der Waals surface area (Å²) in [5.74, 6) is 0.436. The summed E-state index contributed by atoms with van der Waals surface area (Å²) >= 11 is 0. The lowest BCUT2D eigenvalue weighted by Gasteiger charge is -2.08. The first-order valence-corrected chi connectivity index (χ1v) is 7.88. The number of hydrogen-bond acceptors (Lipinski definition) is 1. The van der Waals surface area contributed by atoms with Crippen LogP contribution >= 0.6 is 0 Å². The maximum Gasteiger partial charge on any atom is 0.323 e. The molecular formula is C19H26N2O. The average Bonchev–Trinajstić information content (AvgIpc) is 2.76. The first-order chi connectivity index (χ1) is 10.7. The fraction of sp³-hybridized carbons (Fsp3) is 0.316. The van der Waals surface area contributed by atoms with Crippen LogP contribution < -0.4 is 10.6 Å². The third-order valence-electron chi connectivity index (χ3n) is 3.20. The van der Waals surface area contributed by atoms with Crippen molar-refractivity contribution in [3.8, 4) is 0 Å². The number of nitrogens with one attached hydrogen (secondary N) is 2. The van der Waals surface area contributed by atoms with Gasteiger partial charge in [0.05, 0.1) is 0 Å². The van der Waals surface area contributed by atoms with E-state index >= 15 is 0 Å². The van der Waals surface area contributed by atoms with E-state index in [-0.39, 0.29) is 6.03 Å². The van der Waals surface area contributed by atoms with Gasteiger partial charge < -0.3 is 10.6 Å². The van der Waals surface area contributed by atoms with E-state index in [9.17, 15) is 4.79 Å². The summed E-state index contributed by atoms with van der Waals surface area (Å²) in [6.07, 6.45) is 11.1. The molecule has 118 valence electrons. The van der Waals surface area contributed by atoms with Crippen LogP contribution in [0.4, 0.5) is 10.5 Å².